The first-order valence-electron chi connectivity index (χ1n) is 5.70. The van der Waals surface area contributed by atoms with E-state index in [0.717, 1.165) is 5.69 Å². The fourth-order valence-electron chi connectivity index (χ4n) is 1.41. The summed E-state index contributed by atoms with van der Waals surface area (Å²) in [6.07, 6.45) is 1.59. The third-order valence-corrected chi connectivity index (χ3v) is 2.58. The predicted octanol–water partition coefficient (Wildman–Crippen LogP) is 1.58. The molecule has 0 aromatic carbocycles. The summed E-state index contributed by atoms with van der Waals surface area (Å²) in [5.74, 6) is 0.106. The first-order valence-corrected chi connectivity index (χ1v) is 6.08. The average Bonchev–Trinajstić information content (AvgIpc) is 2.83. The summed E-state index contributed by atoms with van der Waals surface area (Å²) in [6.45, 7) is 2.46. The molecule has 0 spiro atoms. The number of H-pyrrole nitrogens is 1. The highest BCUT2D eigenvalue weighted by molar-refractivity contribution is 6.31. The number of pyridine rings is 1. The van der Waals surface area contributed by atoms with E-state index in [0.29, 0.717) is 23.1 Å². The number of amides is 1. The van der Waals surface area contributed by atoms with Gasteiger partial charge in [0.25, 0.3) is 5.91 Å². The minimum absolute atomic E-state index is 0.250. The number of ether oxygens (including phenoxy) is 1. The van der Waals surface area contributed by atoms with Crippen molar-refractivity contribution in [2.45, 2.75) is 6.92 Å². The van der Waals surface area contributed by atoms with Gasteiger partial charge in [-0.25, -0.2) is 4.98 Å². The lowest BCUT2D eigenvalue weighted by Gasteiger charge is -2.06. The van der Waals surface area contributed by atoms with E-state index in [9.17, 15) is 4.79 Å². The first kappa shape index (κ1) is 13.4. The SMILES string of the molecule is Cc1cc(C(=O)NCCOc2ncccc2Cl)n[nH]1. The molecule has 2 rings (SSSR count). The third-order valence-electron chi connectivity index (χ3n) is 2.29. The Morgan fingerprint density at radius 2 is 2.42 bits per heavy atom. The van der Waals surface area contributed by atoms with Crippen LogP contribution >= 0.6 is 11.6 Å². The number of aromatic amines is 1. The van der Waals surface area contributed by atoms with Crippen LogP contribution in [0.3, 0.4) is 0 Å². The van der Waals surface area contributed by atoms with Crippen LogP contribution in [0.2, 0.25) is 5.02 Å². The van der Waals surface area contributed by atoms with Gasteiger partial charge in [-0.1, -0.05) is 11.6 Å². The van der Waals surface area contributed by atoms with Gasteiger partial charge in [0.05, 0.1) is 6.54 Å². The maximum Gasteiger partial charge on any atom is 0.271 e. The smallest absolute Gasteiger partial charge is 0.271 e. The second kappa shape index (κ2) is 6.19. The minimum Gasteiger partial charge on any atom is -0.475 e. The van der Waals surface area contributed by atoms with E-state index >= 15 is 0 Å². The van der Waals surface area contributed by atoms with Crippen LogP contribution in [0, 0.1) is 6.92 Å². The van der Waals surface area contributed by atoms with Crippen LogP contribution in [0.15, 0.2) is 24.4 Å². The number of rotatable bonds is 5. The van der Waals surface area contributed by atoms with Crippen molar-refractivity contribution in [1.29, 1.82) is 0 Å². The molecule has 19 heavy (non-hydrogen) atoms. The molecule has 100 valence electrons. The van der Waals surface area contributed by atoms with Crippen LogP contribution in [0.4, 0.5) is 0 Å². The van der Waals surface area contributed by atoms with Crippen molar-refractivity contribution < 1.29 is 9.53 Å². The van der Waals surface area contributed by atoms with Gasteiger partial charge in [-0.15, -0.1) is 0 Å². The summed E-state index contributed by atoms with van der Waals surface area (Å²) in [4.78, 5) is 15.6. The van der Waals surface area contributed by atoms with E-state index in [-0.39, 0.29) is 12.5 Å². The number of halogens is 1. The summed E-state index contributed by atoms with van der Waals surface area (Å²) in [5, 5.41) is 9.69. The number of aromatic nitrogens is 3. The molecule has 0 saturated carbocycles. The van der Waals surface area contributed by atoms with Crippen LogP contribution in [0.25, 0.3) is 0 Å². The van der Waals surface area contributed by atoms with E-state index < -0.39 is 0 Å². The Balaban J connectivity index is 1.75. The van der Waals surface area contributed by atoms with Gasteiger partial charge in [0, 0.05) is 11.9 Å². The Labute approximate surface area is 115 Å². The highest BCUT2D eigenvalue weighted by Crippen LogP contribution is 2.19. The predicted molar refractivity (Wildman–Crippen MR) is 70.4 cm³/mol. The van der Waals surface area contributed by atoms with Crippen molar-refractivity contribution in [3.63, 3.8) is 0 Å². The van der Waals surface area contributed by atoms with Crippen molar-refractivity contribution >= 4 is 17.5 Å². The van der Waals surface area contributed by atoms with Gasteiger partial charge < -0.3 is 10.1 Å². The number of carbonyl (C=O) groups is 1. The average molecular weight is 281 g/mol. The standard InChI is InChI=1S/C12H13ClN4O2/c1-8-7-10(17-16-8)11(18)14-5-6-19-12-9(13)3-2-4-15-12/h2-4,7H,5-6H2,1H3,(H,14,18)(H,16,17). The summed E-state index contributed by atoms with van der Waals surface area (Å²) < 4.78 is 5.34. The lowest BCUT2D eigenvalue weighted by molar-refractivity contribution is 0.0941. The topological polar surface area (TPSA) is 79.9 Å². The molecule has 0 saturated heterocycles. The first-order chi connectivity index (χ1) is 9.16. The van der Waals surface area contributed by atoms with Crippen molar-refractivity contribution in [3.8, 4) is 5.88 Å². The molecule has 0 aliphatic heterocycles. The lowest BCUT2D eigenvalue weighted by Crippen LogP contribution is -2.28. The highest BCUT2D eigenvalue weighted by atomic mass is 35.5. The van der Waals surface area contributed by atoms with E-state index in [2.05, 4.69) is 20.5 Å². The summed E-state index contributed by atoms with van der Waals surface area (Å²) in [6, 6.07) is 5.08. The fraction of sp³-hybridized carbons (Fsp3) is 0.250. The summed E-state index contributed by atoms with van der Waals surface area (Å²) in [5.41, 5.74) is 1.19. The molecular formula is C12H13ClN4O2. The number of nitrogens with zero attached hydrogens (tertiary/aromatic N) is 2. The molecular weight excluding hydrogens is 268 g/mol. The van der Waals surface area contributed by atoms with Gasteiger partial charge in [0.15, 0.2) is 0 Å². The molecule has 0 aliphatic rings. The number of hydrogen-bond donors (Lipinski definition) is 2. The Morgan fingerprint density at radius 1 is 1.58 bits per heavy atom. The molecule has 0 bridgehead atoms. The maximum absolute atomic E-state index is 11.6. The Bertz CT molecular complexity index is 570. The van der Waals surface area contributed by atoms with Crippen molar-refractivity contribution in [2.24, 2.45) is 0 Å². The zero-order valence-electron chi connectivity index (χ0n) is 10.3. The molecule has 6 nitrogen and oxygen atoms in total. The zero-order chi connectivity index (χ0) is 13.7. The van der Waals surface area contributed by atoms with Crippen LogP contribution in [-0.2, 0) is 0 Å². The van der Waals surface area contributed by atoms with Gasteiger partial charge in [-0.05, 0) is 25.1 Å². The van der Waals surface area contributed by atoms with E-state index in [1.165, 1.54) is 0 Å². The van der Waals surface area contributed by atoms with Gasteiger partial charge in [-0.2, -0.15) is 5.10 Å². The fourth-order valence-corrected chi connectivity index (χ4v) is 1.59. The molecule has 0 aliphatic carbocycles. The van der Waals surface area contributed by atoms with E-state index in [4.69, 9.17) is 16.3 Å². The van der Waals surface area contributed by atoms with Crippen molar-refractivity contribution in [3.05, 3.63) is 40.8 Å². The molecule has 0 fully saturated rings. The van der Waals surface area contributed by atoms with Crippen LogP contribution in [-0.4, -0.2) is 34.2 Å². The van der Waals surface area contributed by atoms with E-state index in [1.807, 2.05) is 6.92 Å². The molecule has 2 aromatic rings. The maximum atomic E-state index is 11.6. The van der Waals surface area contributed by atoms with Crippen LogP contribution < -0.4 is 10.1 Å². The number of nitrogens with one attached hydrogen (secondary N) is 2. The molecule has 2 N–H and O–H groups in total. The summed E-state index contributed by atoms with van der Waals surface area (Å²) >= 11 is 5.88. The molecule has 2 aromatic heterocycles. The number of aryl methyl sites for hydroxylation is 1. The third kappa shape index (κ3) is 3.69. The molecule has 2 heterocycles. The van der Waals surface area contributed by atoms with Gasteiger partial charge in [-0.3, -0.25) is 9.89 Å². The van der Waals surface area contributed by atoms with Crippen LogP contribution in [0.5, 0.6) is 5.88 Å². The second-order valence-electron chi connectivity index (χ2n) is 3.83. The summed E-state index contributed by atoms with van der Waals surface area (Å²) in [7, 11) is 0. The van der Waals surface area contributed by atoms with Crippen molar-refractivity contribution in [2.75, 3.05) is 13.2 Å². The monoisotopic (exact) mass is 280 g/mol. The normalized spacial score (nSPS) is 10.2. The molecule has 0 radical (unpaired) electrons. The van der Waals surface area contributed by atoms with Gasteiger partial charge >= 0.3 is 0 Å². The Kier molecular flexibility index (Phi) is 4.35. The van der Waals surface area contributed by atoms with Gasteiger partial charge in [0.1, 0.15) is 17.3 Å². The molecule has 0 unspecified atom stereocenters. The minimum atomic E-state index is -0.250. The second-order valence-corrected chi connectivity index (χ2v) is 4.24. The lowest BCUT2D eigenvalue weighted by atomic mass is 10.3. The zero-order valence-corrected chi connectivity index (χ0v) is 11.1. The Morgan fingerprint density at radius 3 is 3.11 bits per heavy atom. The molecule has 0 atom stereocenters. The molecule has 1 amide bonds. The number of carbonyl (C=O) groups excluding carboxylic acids is 1. The number of hydrogen-bond acceptors (Lipinski definition) is 4. The Hall–Kier alpha value is -2.08. The van der Waals surface area contributed by atoms with Crippen molar-refractivity contribution in [1.82, 2.24) is 20.5 Å². The quantitative estimate of drug-likeness (QED) is 0.815. The van der Waals surface area contributed by atoms with Crippen LogP contribution in [0.1, 0.15) is 16.2 Å². The largest absolute Gasteiger partial charge is 0.475 e. The highest BCUT2D eigenvalue weighted by Gasteiger charge is 2.08. The van der Waals surface area contributed by atoms with E-state index in [1.54, 1.807) is 24.4 Å². The van der Waals surface area contributed by atoms with Gasteiger partial charge in [0.2, 0.25) is 5.88 Å². The molecule has 7 heteroatoms.